The van der Waals surface area contributed by atoms with Crippen molar-refractivity contribution in [2.24, 2.45) is 0 Å². The van der Waals surface area contributed by atoms with Crippen molar-refractivity contribution in [3.8, 4) is 0 Å². The summed E-state index contributed by atoms with van der Waals surface area (Å²) in [4.78, 5) is 1.24. The van der Waals surface area contributed by atoms with Gasteiger partial charge in [0.1, 0.15) is 0 Å². The number of benzene rings is 1. The van der Waals surface area contributed by atoms with E-state index in [4.69, 9.17) is 11.6 Å². The van der Waals surface area contributed by atoms with Gasteiger partial charge in [0, 0.05) is 11.2 Å². The summed E-state index contributed by atoms with van der Waals surface area (Å²) in [5.74, 6) is 0. The third-order valence-electron chi connectivity index (χ3n) is 2.82. The van der Waals surface area contributed by atoms with E-state index in [1.807, 2.05) is 12.3 Å². The average Bonchev–Trinajstić information content (AvgIpc) is 2.81. The number of allylic oxidation sites excluding steroid dienone is 1. The minimum atomic E-state index is 0.823. The highest BCUT2D eigenvalue weighted by Gasteiger charge is 2.15. The first-order valence-corrected chi connectivity index (χ1v) is 6.40. The third-order valence-corrected chi connectivity index (χ3v) is 3.84. The fraction of sp³-hybridized carbons (Fsp3) is 0.154. The molecule has 16 heavy (non-hydrogen) atoms. The molecule has 1 nitrogen and oxygen atoms in total. The van der Waals surface area contributed by atoms with Crippen LogP contribution in [0.3, 0.4) is 0 Å². The predicted octanol–water partition coefficient (Wildman–Crippen LogP) is 4.17. The molecule has 0 radical (unpaired) electrons. The van der Waals surface area contributed by atoms with Crippen LogP contribution in [0, 0.1) is 0 Å². The summed E-state index contributed by atoms with van der Waals surface area (Å²) < 4.78 is 4.16. The van der Waals surface area contributed by atoms with Gasteiger partial charge in [-0.3, -0.25) is 0 Å². The molecular weight excluding hydrogens is 238 g/mol. The van der Waals surface area contributed by atoms with E-state index in [-0.39, 0.29) is 0 Å². The molecule has 3 heteroatoms. The van der Waals surface area contributed by atoms with Gasteiger partial charge in [-0.1, -0.05) is 23.7 Å². The highest BCUT2D eigenvalue weighted by atomic mass is 35.5. The number of aromatic nitrogens is 1. The topological polar surface area (TPSA) is 12.9 Å². The molecule has 3 rings (SSSR count). The Kier molecular flexibility index (Phi) is 2.54. The Balaban J connectivity index is 2.14. The van der Waals surface area contributed by atoms with Crippen LogP contribution in [0.4, 0.5) is 0 Å². The smallest absolute Gasteiger partial charge is 0.0552 e. The van der Waals surface area contributed by atoms with Gasteiger partial charge in [-0.2, -0.15) is 0 Å². The van der Waals surface area contributed by atoms with Crippen molar-refractivity contribution in [3.05, 3.63) is 57.6 Å². The molecule has 0 saturated carbocycles. The van der Waals surface area contributed by atoms with Crippen molar-refractivity contribution in [3.63, 3.8) is 0 Å². The molecule has 0 spiro atoms. The zero-order valence-electron chi connectivity index (χ0n) is 8.61. The van der Waals surface area contributed by atoms with E-state index in [2.05, 4.69) is 28.6 Å². The minimum absolute atomic E-state index is 0.823. The molecule has 1 aromatic heterocycles. The summed E-state index contributed by atoms with van der Waals surface area (Å²) in [7, 11) is 0. The van der Waals surface area contributed by atoms with Gasteiger partial charge in [0.15, 0.2) is 0 Å². The van der Waals surface area contributed by atoms with Gasteiger partial charge in [0.05, 0.1) is 4.88 Å². The summed E-state index contributed by atoms with van der Waals surface area (Å²) in [6, 6.07) is 8.22. The fourth-order valence-corrected chi connectivity index (χ4v) is 2.95. The van der Waals surface area contributed by atoms with Crippen LogP contribution in [0.15, 0.2) is 36.5 Å². The molecule has 0 aliphatic heterocycles. The lowest BCUT2D eigenvalue weighted by Crippen LogP contribution is -1.99. The van der Waals surface area contributed by atoms with E-state index in [9.17, 15) is 0 Å². The van der Waals surface area contributed by atoms with Crippen molar-refractivity contribution < 1.29 is 0 Å². The lowest BCUT2D eigenvalue weighted by Gasteiger charge is -2.16. The first-order valence-electron chi connectivity index (χ1n) is 5.24. The monoisotopic (exact) mass is 247 g/mol. The molecule has 0 bridgehead atoms. The molecule has 1 aliphatic carbocycles. The maximum atomic E-state index is 6.02. The third kappa shape index (κ3) is 1.68. The van der Waals surface area contributed by atoms with Crippen molar-refractivity contribution in [1.29, 1.82) is 0 Å². The molecule has 0 saturated heterocycles. The molecule has 1 aliphatic rings. The van der Waals surface area contributed by atoms with Gasteiger partial charge in [0.2, 0.25) is 0 Å². The second-order valence-electron chi connectivity index (χ2n) is 3.83. The highest BCUT2D eigenvalue weighted by molar-refractivity contribution is 7.07. The molecule has 1 aromatic carbocycles. The van der Waals surface area contributed by atoms with Crippen LogP contribution < -0.4 is 0 Å². The lowest BCUT2D eigenvalue weighted by molar-refractivity contribution is 0.979. The second-order valence-corrected chi connectivity index (χ2v) is 5.10. The fourth-order valence-electron chi connectivity index (χ4n) is 2.10. The normalized spacial score (nSPS) is 14.4. The van der Waals surface area contributed by atoms with Gasteiger partial charge < -0.3 is 0 Å². The Morgan fingerprint density at radius 2 is 2.19 bits per heavy atom. The van der Waals surface area contributed by atoms with Gasteiger partial charge in [0.25, 0.3) is 0 Å². The Bertz CT molecular complexity index is 543. The summed E-state index contributed by atoms with van der Waals surface area (Å²) in [6.07, 6.45) is 6.31. The largest absolute Gasteiger partial charge is 0.201 e. The van der Waals surface area contributed by atoms with Crippen LogP contribution in [0.1, 0.15) is 22.4 Å². The number of halogens is 1. The van der Waals surface area contributed by atoms with Crippen LogP contribution >= 0.6 is 23.1 Å². The van der Waals surface area contributed by atoms with E-state index in [1.165, 1.54) is 21.6 Å². The first-order chi connectivity index (χ1) is 7.84. The van der Waals surface area contributed by atoms with Crippen molar-refractivity contribution in [1.82, 2.24) is 4.37 Å². The zero-order chi connectivity index (χ0) is 11.0. The Hall–Kier alpha value is -1.12. The second kappa shape index (κ2) is 4.04. The van der Waals surface area contributed by atoms with Crippen molar-refractivity contribution in [2.75, 3.05) is 0 Å². The maximum absolute atomic E-state index is 6.02. The number of fused-ring (bicyclic) bond motifs is 1. The van der Waals surface area contributed by atoms with Crippen LogP contribution in [0.2, 0.25) is 5.02 Å². The minimum Gasteiger partial charge on any atom is -0.201 e. The van der Waals surface area contributed by atoms with Crippen molar-refractivity contribution in [2.45, 2.75) is 12.8 Å². The van der Waals surface area contributed by atoms with Crippen LogP contribution in [-0.4, -0.2) is 4.37 Å². The molecule has 0 unspecified atom stereocenters. The van der Waals surface area contributed by atoms with Gasteiger partial charge in [-0.25, -0.2) is 4.37 Å². The van der Waals surface area contributed by atoms with E-state index in [1.54, 1.807) is 11.5 Å². The van der Waals surface area contributed by atoms with E-state index in [0.29, 0.717) is 0 Å². The SMILES string of the molecule is Clc1ccc2c(c1)CCC=C2c1ccns1. The van der Waals surface area contributed by atoms with Gasteiger partial charge in [-0.05, 0) is 59.3 Å². The number of rotatable bonds is 1. The van der Waals surface area contributed by atoms with Gasteiger partial charge >= 0.3 is 0 Å². The van der Waals surface area contributed by atoms with Crippen LogP contribution in [0.25, 0.3) is 5.57 Å². The summed E-state index contributed by atoms with van der Waals surface area (Å²) in [6.45, 7) is 0. The quantitative estimate of drug-likeness (QED) is 0.737. The summed E-state index contributed by atoms with van der Waals surface area (Å²) in [5, 5.41) is 0.823. The number of hydrogen-bond acceptors (Lipinski definition) is 2. The van der Waals surface area contributed by atoms with E-state index >= 15 is 0 Å². The zero-order valence-corrected chi connectivity index (χ0v) is 10.2. The van der Waals surface area contributed by atoms with Crippen molar-refractivity contribution >= 4 is 28.7 Å². The van der Waals surface area contributed by atoms with E-state index < -0.39 is 0 Å². The standard InChI is InChI=1S/C13H10ClNS/c14-10-4-5-11-9(8-10)2-1-3-12(11)13-6-7-15-16-13/h3-8H,1-2H2. The molecular formula is C13H10ClNS. The Labute approximate surface area is 104 Å². The average molecular weight is 248 g/mol. The molecule has 0 amide bonds. The molecule has 0 fully saturated rings. The predicted molar refractivity (Wildman–Crippen MR) is 69.0 cm³/mol. The maximum Gasteiger partial charge on any atom is 0.0552 e. The highest BCUT2D eigenvalue weighted by Crippen LogP contribution is 2.34. The number of hydrogen-bond donors (Lipinski definition) is 0. The number of nitrogens with zero attached hydrogens (tertiary/aromatic N) is 1. The Morgan fingerprint density at radius 1 is 1.25 bits per heavy atom. The summed E-state index contributed by atoms with van der Waals surface area (Å²) >= 11 is 7.57. The molecule has 2 aromatic rings. The first kappa shape index (κ1) is 10.1. The van der Waals surface area contributed by atoms with Crippen LogP contribution in [0.5, 0.6) is 0 Å². The Morgan fingerprint density at radius 3 is 3.00 bits per heavy atom. The molecule has 0 N–H and O–H groups in total. The molecule has 1 heterocycles. The molecule has 0 atom stereocenters. The van der Waals surface area contributed by atoms with E-state index in [0.717, 1.165) is 17.9 Å². The lowest BCUT2D eigenvalue weighted by atomic mass is 9.90. The summed E-state index contributed by atoms with van der Waals surface area (Å²) in [5.41, 5.74) is 3.96. The molecule has 80 valence electrons. The van der Waals surface area contributed by atoms with Gasteiger partial charge in [-0.15, -0.1) is 0 Å². The van der Waals surface area contributed by atoms with Crippen LogP contribution in [-0.2, 0) is 6.42 Å². The number of aryl methyl sites for hydroxylation is 1.